The second-order valence-corrected chi connectivity index (χ2v) is 4.74. The van der Waals surface area contributed by atoms with Gasteiger partial charge in [-0.15, -0.1) is 0 Å². The van der Waals surface area contributed by atoms with Gasteiger partial charge in [-0.25, -0.2) is 8.78 Å². The Balaban J connectivity index is 2.56. The van der Waals surface area contributed by atoms with Crippen molar-refractivity contribution >= 4 is 17.4 Å². The van der Waals surface area contributed by atoms with Crippen LogP contribution in [0.2, 0.25) is 5.02 Å². The number of benzene rings is 1. The van der Waals surface area contributed by atoms with Gasteiger partial charge in [0.25, 0.3) is 0 Å². The summed E-state index contributed by atoms with van der Waals surface area (Å²) in [6.07, 6.45) is 1.31. The van der Waals surface area contributed by atoms with Crippen molar-refractivity contribution in [2.24, 2.45) is 0 Å². The number of rotatable bonds is 3. The van der Waals surface area contributed by atoms with E-state index in [-0.39, 0.29) is 22.3 Å². The van der Waals surface area contributed by atoms with E-state index in [0.29, 0.717) is 0 Å². The third-order valence-corrected chi connectivity index (χ3v) is 2.90. The average Bonchev–Trinajstić information content (AvgIpc) is 2.73. The molecule has 1 heterocycles. The second-order valence-electron chi connectivity index (χ2n) is 4.33. The van der Waals surface area contributed by atoms with Gasteiger partial charge in [-0.05, 0) is 32.0 Å². The molecule has 19 heavy (non-hydrogen) atoms. The maximum Gasteiger partial charge on any atom is 0.215 e. The average molecular weight is 285 g/mol. The number of halogens is 3. The normalized spacial score (nSPS) is 11.1. The molecule has 0 saturated heterocycles. The fourth-order valence-corrected chi connectivity index (χ4v) is 1.96. The van der Waals surface area contributed by atoms with Crippen molar-refractivity contribution in [2.45, 2.75) is 19.9 Å². The first kappa shape index (κ1) is 13.7. The molecule has 2 rings (SSSR count). The van der Waals surface area contributed by atoms with Crippen LogP contribution < -0.4 is 0 Å². The van der Waals surface area contributed by atoms with Crippen LogP contribution in [0.15, 0.2) is 24.4 Å². The van der Waals surface area contributed by atoms with Crippen LogP contribution in [-0.4, -0.2) is 15.6 Å². The van der Waals surface area contributed by atoms with Gasteiger partial charge < -0.3 is 0 Å². The van der Waals surface area contributed by atoms with E-state index in [1.165, 1.54) is 10.9 Å². The number of hydrogen-bond donors (Lipinski definition) is 0. The van der Waals surface area contributed by atoms with Crippen LogP contribution in [0.3, 0.4) is 0 Å². The molecule has 0 aliphatic heterocycles. The summed E-state index contributed by atoms with van der Waals surface area (Å²) in [4.78, 5) is 12.3. The highest BCUT2D eigenvalue weighted by atomic mass is 35.5. The Morgan fingerprint density at radius 2 is 2.05 bits per heavy atom. The number of aromatic nitrogens is 2. The van der Waals surface area contributed by atoms with E-state index in [2.05, 4.69) is 5.10 Å². The molecule has 0 radical (unpaired) electrons. The molecule has 3 nitrogen and oxygen atoms in total. The van der Waals surface area contributed by atoms with Gasteiger partial charge in [-0.2, -0.15) is 5.10 Å². The van der Waals surface area contributed by atoms with E-state index >= 15 is 0 Å². The number of hydrogen-bond acceptors (Lipinski definition) is 2. The zero-order valence-corrected chi connectivity index (χ0v) is 11.1. The highest BCUT2D eigenvalue weighted by Gasteiger charge is 2.23. The van der Waals surface area contributed by atoms with Gasteiger partial charge in [-0.3, -0.25) is 9.48 Å². The molecule has 0 saturated carbocycles. The lowest BCUT2D eigenvalue weighted by Gasteiger charge is -2.11. The van der Waals surface area contributed by atoms with E-state index < -0.39 is 17.4 Å². The van der Waals surface area contributed by atoms with Crippen molar-refractivity contribution in [3.63, 3.8) is 0 Å². The molecule has 0 aliphatic carbocycles. The summed E-state index contributed by atoms with van der Waals surface area (Å²) in [6, 6.07) is 2.59. The van der Waals surface area contributed by atoms with Gasteiger partial charge >= 0.3 is 0 Å². The zero-order valence-electron chi connectivity index (χ0n) is 10.3. The Hall–Kier alpha value is -1.75. The number of nitrogens with zero attached hydrogens (tertiary/aromatic N) is 2. The van der Waals surface area contributed by atoms with E-state index in [4.69, 9.17) is 11.6 Å². The summed E-state index contributed by atoms with van der Waals surface area (Å²) in [5.41, 5.74) is -0.300. The van der Waals surface area contributed by atoms with Crippen LogP contribution in [0, 0.1) is 11.6 Å². The molecule has 0 spiro atoms. The second kappa shape index (κ2) is 5.09. The summed E-state index contributed by atoms with van der Waals surface area (Å²) in [5, 5.41) is 4.07. The maximum atomic E-state index is 13.6. The van der Waals surface area contributed by atoms with Crippen molar-refractivity contribution in [1.82, 2.24) is 9.78 Å². The fraction of sp³-hybridized carbons (Fsp3) is 0.231. The van der Waals surface area contributed by atoms with Crippen molar-refractivity contribution in [2.75, 3.05) is 0 Å². The fourth-order valence-electron chi connectivity index (χ4n) is 1.74. The van der Waals surface area contributed by atoms with Crippen LogP contribution in [-0.2, 0) is 0 Å². The molecule has 0 unspecified atom stereocenters. The predicted molar refractivity (Wildman–Crippen MR) is 67.4 cm³/mol. The lowest BCUT2D eigenvalue weighted by Crippen LogP contribution is -2.15. The summed E-state index contributed by atoms with van der Waals surface area (Å²) >= 11 is 5.91. The van der Waals surface area contributed by atoms with E-state index in [9.17, 15) is 13.6 Å². The molecule has 0 N–H and O–H groups in total. The topological polar surface area (TPSA) is 34.9 Å². The van der Waals surface area contributed by atoms with Crippen molar-refractivity contribution < 1.29 is 13.6 Å². The molecule has 0 bridgehead atoms. The van der Waals surface area contributed by atoms with Crippen LogP contribution in [0.1, 0.15) is 35.9 Å². The van der Waals surface area contributed by atoms with Crippen LogP contribution in [0.5, 0.6) is 0 Å². The van der Waals surface area contributed by atoms with E-state index in [1.807, 2.05) is 13.8 Å². The number of carbonyl (C=O) groups excluding carboxylic acids is 1. The Morgan fingerprint density at radius 1 is 1.37 bits per heavy atom. The van der Waals surface area contributed by atoms with Gasteiger partial charge in [0.2, 0.25) is 5.78 Å². The predicted octanol–water partition coefficient (Wildman–Crippen LogP) is 3.63. The van der Waals surface area contributed by atoms with Gasteiger partial charge in [-0.1, -0.05) is 11.6 Å². The molecule has 100 valence electrons. The number of carbonyl (C=O) groups is 1. The largest absolute Gasteiger partial charge is 0.287 e. The molecule has 0 fully saturated rings. The van der Waals surface area contributed by atoms with Crippen molar-refractivity contribution in [3.05, 3.63) is 52.3 Å². The molecule has 6 heteroatoms. The first-order valence-electron chi connectivity index (χ1n) is 5.64. The Labute approximate surface area is 113 Å². The Bertz CT molecular complexity index is 638. The maximum absolute atomic E-state index is 13.6. The van der Waals surface area contributed by atoms with E-state index in [0.717, 1.165) is 18.2 Å². The van der Waals surface area contributed by atoms with Crippen molar-refractivity contribution in [3.8, 4) is 0 Å². The third-order valence-electron chi connectivity index (χ3n) is 2.63. The molecule has 1 aromatic heterocycles. The van der Waals surface area contributed by atoms with Gasteiger partial charge in [0.05, 0.1) is 16.8 Å². The number of ketones is 1. The quantitative estimate of drug-likeness (QED) is 0.807. The molecule has 0 atom stereocenters. The zero-order chi connectivity index (χ0) is 14.2. The first-order valence-corrected chi connectivity index (χ1v) is 6.02. The minimum atomic E-state index is -0.793. The standard InChI is InChI=1S/C13H11ClF2N2O/c1-7(2)18-12(10(14)6-17-18)13(19)9-5-8(15)3-4-11(9)16/h3-7H,1-2H3. The van der Waals surface area contributed by atoms with Crippen LogP contribution in [0.25, 0.3) is 0 Å². The van der Waals surface area contributed by atoms with E-state index in [1.54, 1.807) is 0 Å². The Kier molecular flexibility index (Phi) is 3.66. The minimum Gasteiger partial charge on any atom is -0.287 e. The van der Waals surface area contributed by atoms with Crippen molar-refractivity contribution in [1.29, 1.82) is 0 Å². The lowest BCUT2D eigenvalue weighted by atomic mass is 10.1. The van der Waals surface area contributed by atoms with Gasteiger partial charge in [0, 0.05) is 6.04 Å². The minimum absolute atomic E-state index is 0.0566. The highest BCUT2D eigenvalue weighted by Crippen LogP contribution is 2.23. The summed E-state index contributed by atoms with van der Waals surface area (Å²) in [5.74, 6) is -2.16. The third kappa shape index (κ3) is 2.51. The molecular formula is C13H11ClF2N2O. The highest BCUT2D eigenvalue weighted by molar-refractivity contribution is 6.34. The summed E-state index contributed by atoms with van der Waals surface area (Å²) in [7, 11) is 0. The molecular weight excluding hydrogens is 274 g/mol. The monoisotopic (exact) mass is 284 g/mol. The van der Waals surface area contributed by atoms with Gasteiger partial charge in [0.1, 0.15) is 17.3 Å². The molecule has 1 aromatic carbocycles. The summed E-state index contributed by atoms with van der Waals surface area (Å²) in [6.45, 7) is 3.62. The molecule has 0 aliphatic rings. The Morgan fingerprint density at radius 3 is 2.68 bits per heavy atom. The summed E-state index contributed by atoms with van der Waals surface area (Å²) < 4.78 is 28.1. The molecule has 2 aromatic rings. The SMILES string of the molecule is CC(C)n1ncc(Cl)c1C(=O)c1cc(F)ccc1F. The van der Waals surface area contributed by atoms with Crippen LogP contribution in [0.4, 0.5) is 8.78 Å². The molecule has 0 amide bonds. The van der Waals surface area contributed by atoms with Crippen LogP contribution >= 0.6 is 11.6 Å². The smallest absolute Gasteiger partial charge is 0.215 e. The lowest BCUT2D eigenvalue weighted by molar-refractivity contribution is 0.102. The first-order chi connectivity index (χ1) is 8.91. The van der Waals surface area contributed by atoms with Gasteiger partial charge in [0.15, 0.2) is 0 Å².